The van der Waals surface area contributed by atoms with Gasteiger partial charge >= 0.3 is 0 Å². The van der Waals surface area contributed by atoms with E-state index in [1.807, 2.05) is 72.9 Å². The Balaban J connectivity index is 1.59. The molecule has 2 atom stereocenters. The molecular formula is C27H24Cl2N4O2S. The average molecular weight is 539 g/mol. The van der Waals surface area contributed by atoms with E-state index in [1.54, 1.807) is 13.3 Å². The second kappa shape index (κ2) is 10.9. The summed E-state index contributed by atoms with van der Waals surface area (Å²) in [6.45, 7) is 0.892. The smallest absolute Gasteiger partial charge is 0.174 e. The van der Waals surface area contributed by atoms with Crippen LogP contribution < -0.4 is 15.0 Å². The van der Waals surface area contributed by atoms with Crippen LogP contribution in [0, 0.1) is 0 Å². The maximum absolute atomic E-state index is 6.62. The maximum Gasteiger partial charge on any atom is 0.174 e. The molecule has 9 heteroatoms. The number of pyridine rings is 1. The summed E-state index contributed by atoms with van der Waals surface area (Å²) in [7, 11) is 1.63. The molecule has 3 heterocycles. The summed E-state index contributed by atoms with van der Waals surface area (Å²) < 4.78 is 12.9. The molecule has 5 rings (SSSR count). The van der Waals surface area contributed by atoms with E-state index in [-0.39, 0.29) is 12.1 Å². The monoisotopic (exact) mass is 538 g/mol. The number of halogens is 2. The highest BCUT2D eigenvalue weighted by Gasteiger charge is 2.42. The summed E-state index contributed by atoms with van der Waals surface area (Å²) in [5, 5.41) is 5.23. The van der Waals surface area contributed by atoms with Gasteiger partial charge in [-0.05, 0) is 72.9 Å². The largest absolute Gasteiger partial charge is 0.490 e. The van der Waals surface area contributed by atoms with Gasteiger partial charge in [0, 0.05) is 41.6 Å². The van der Waals surface area contributed by atoms with Gasteiger partial charge in [-0.3, -0.25) is 4.98 Å². The first kappa shape index (κ1) is 24.6. The maximum atomic E-state index is 6.62. The Kier molecular flexibility index (Phi) is 7.43. The van der Waals surface area contributed by atoms with E-state index in [2.05, 4.69) is 25.8 Å². The summed E-state index contributed by atoms with van der Waals surface area (Å²) in [5.74, 6) is 0.593. The summed E-state index contributed by atoms with van der Waals surface area (Å²) in [5.41, 5.74) is 3.72. The first-order chi connectivity index (χ1) is 17.6. The molecule has 36 heavy (non-hydrogen) atoms. The number of thiocarbonyl (C=S) groups is 1. The highest BCUT2D eigenvalue weighted by Crippen LogP contribution is 2.43. The summed E-state index contributed by atoms with van der Waals surface area (Å²) in [6.07, 6.45) is 3.81. The van der Waals surface area contributed by atoms with Gasteiger partial charge in [0.2, 0.25) is 0 Å². The Bertz CT molecular complexity index is 1360. The second-order valence-corrected chi connectivity index (χ2v) is 9.47. The van der Waals surface area contributed by atoms with Gasteiger partial charge in [-0.1, -0.05) is 35.3 Å². The lowest BCUT2D eigenvalue weighted by Crippen LogP contribution is -2.30. The fourth-order valence-electron chi connectivity index (χ4n) is 4.42. The van der Waals surface area contributed by atoms with Gasteiger partial charge in [0.25, 0.3) is 0 Å². The van der Waals surface area contributed by atoms with Gasteiger partial charge in [-0.15, -0.1) is 0 Å². The van der Waals surface area contributed by atoms with Gasteiger partial charge in [-0.25, -0.2) is 0 Å². The number of methoxy groups -OCH3 is 1. The number of nitrogens with one attached hydrogen (secondary N) is 1. The summed E-state index contributed by atoms with van der Waals surface area (Å²) >= 11 is 18.8. The van der Waals surface area contributed by atoms with Gasteiger partial charge in [0.05, 0.1) is 23.4 Å². The molecular weight excluding hydrogens is 515 g/mol. The molecule has 0 amide bonds. The minimum Gasteiger partial charge on any atom is -0.490 e. The third kappa shape index (κ3) is 4.92. The van der Waals surface area contributed by atoms with Crippen molar-refractivity contribution in [3.63, 3.8) is 0 Å². The Morgan fingerprint density at radius 3 is 2.61 bits per heavy atom. The molecule has 0 aliphatic carbocycles. The van der Waals surface area contributed by atoms with E-state index in [9.17, 15) is 0 Å². The van der Waals surface area contributed by atoms with Crippen LogP contribution in [-0.2, 0) is 4.74 Å². The molecule has 0 unspecified atom stereocenters. The number of anilines is 1. The van der Waals surface area contributed by atoms with Crippen molar-refractivity contribution in [2.45, 2.75) is 12.1 Å². The van der Waals surface area contributed by atoms with Crippen molar-refractivity contribution in [3.05, 3.63) is 107 Å². The first-order valence-corrected chi connectivity index (χ1v) is 12.6. The van der Waals surface area contributed by atoms with E-state index in [4.69, 9.17) is 44.9 Å². The van der Waals surface area contributed by atoms with Crippen molar-refractivity contribution in [1.29, 1.82) is 0 Å². The van der Waals surface area contributed by atoms with Crippen LogP contribution in [0.2, 0.25) is 10.0 Å². The van der Waals surface area contributed by atoms with Gasteiger partial charge in [-0.2, -0.15) is 0 Å². The van der Waals surface area contributed by atoms with Gasteiger partial charge in [0.15, 0.2) is 5.11 Å². The molecule has 1 aliphatic heterocycles. The predicted molar refractivity (Wildman–Crippen MR) is 148 cm³/mol. The third-order valence-corrected chi connectivity index (χ3v) is 6.85. The fourth-order valence-corrected chi connectivity index (χ4v) is 5.18. The SMILES string of the molecule is COCCOc1ccc(N2C(=S)N[C@@H](c3ccccn3)[C@@H]2c2cccn2-c2cccc(Cl)c2)cc1Cl. The van der Waals surface area contributed by atoms with Crippen LogP contribution >= 0.6 is 35.4 Å². The van der Waals surface area contributed by atoms with Crippen molar-refractivity contribution < 1.29 is 9.47 Å². The van der Waals surface area contributed by atoms with E-state index >= 15 is 0 Å². The van der Waals surface area contributed by atoms with Crippen LogP contribution in [0.1, 0.15) is 23.5 Å². The molecule has 6 nitrogen and oxygen atoms in total. The quantitative estimate of drug-likeness (QED) is 0.207. The zero-order chi connectivity index (χ0) is 25.1. The Labute approximate surface area is 225 Å². The fraction of sp³-hybridized carbons (Fsp3) is 0.185. The van der Waals surface area contributed by atoms with Gasteiger partial charge < -0.3 is 24.3 Å². The Hall–Kier alpha value is -3.10. The number of rotatable bonds is 8. The molecule has 0 radical (unpaired) electrons. The van der Waals surface area contributed by atoms with E-state index in [0.29, 0.717) is 34.1 Å². The molecule has 184 valence electrons. The van der Waals surface area contributed by atoms with E-state index < -0.39 is 0 Å². The molecule has 0 saturated carbocycles. The average Bonchev–Trinajstić information content (AvgIpc) is 3.50. The standard InChI is InChI=1S/C27H24Cl2N4O2S/c1-34-14-15-35-24-11-10-20(17-21(24)29)33-26(25(31-27(33)36)22-8-2-3-12-30-22)23-9-5-13-32(23)19-7-4-6-18(28)16-19/h2-13,16-17,25-26H,14-15H2,1H3,(H,31,36)/t25-,26-/m0/s1. The number of nitrogens with zero attached hydrogens (tertiary/aromatic N) is 3. The van der Waals surface area contributed by atoms with Crippen LogP contribution in [0.4, 0.5) is 5.69 Å². The lowest BCUT2D eigenvalue weighted by molar-refractivity contribution is 0.146. The topological polar surface area (TPSA) is 51.6 Å². The van der Waals surface area contributed by atoms with Crippen molar-refractivity contribution in [1.82, 2.24) is 14.9 Å². The molecule has 1 aliphatic rings. The number of ether oxygens (including phenoxy) is 2. The lowest BCUT2D eigenvalue weighted by Gasteiger charge is -2.29. The Morgan fingerprint density at radius 1 is 0.972 bits per heavy atom. The number of aromatic nitrogens is 2. The molecule has 0 bridgehead atoms. The summed E-state index contributed by atoms with van der Waals surface area (Å²) in [4.78, 5) is 6.72. The predicted octanol–water partition coefficient (Wildman–Crippen LogP) is 6.38. The normalized spacial score (nSPS) is 17.3. The molecule has 1 saturated heterocycles. The van der Waals surface area contributed by atoms with Crippen molar-refractivity contribution in [2.75, 3.05) is 25.2 Å². The Morgan fingerprint density at radius 2 is 1.86 bits per heavy atom. The summed E-state index contributed by atoms with van der Waals surface area (Å²) in [6, 6.07) is 23.1. The van der Waals surface area contributed by atoms with Crippen molar-refractivity contribution in [2.24, 2.45) is 0 Å². The van der Waals surface area contributed by atoms with Crippen LogP contribution in [0.25, 0.3) is 5.69 Å². The van der Waals surface area contributed by atoms with Crippen LogP contribution in [0.3, 0.4) is 0 Å². The number of hydrogen-bond acceptors (Lipinski definition) is 4. The molecule has 2 aromatic heterocycles. The minimum atomic E-state index is -0.210. The number of benzene rings is 2. The zero-order valence-corrected chi connectivity index (χ0v) is 21.8. The van der Waals surface area contributed by atoms with Crippen LogP contribution in [0.5, 0.6) is 5.75 Å². The molecule has 0 spiro atoms. The highest BCUT2D eigenvalue weighted by molar-refractivity contribution is 7.80. The molecule has 1 fully saturated rings. The van der Waals surface area contributed by atoms with Gasteiger partial charge in [0.1, 0.15) is 18.4 Å². The first-order valence-electron chi connectivity index (χ1n) is 11.4. The molecule has 1 N–H and O–H groups in total. The van der Waals surface area contributed by atoms with E-state index in [0.717, 1.165) is 22.8 Å². The molecule has 2 aromatic carbocycles. The third-order valence-electron chi connectivity index (χ3n) is 6.01. The minimum absolute atomic E-state index is 0.192. The van der Waals surface area contributed by atoms with Crippen molar-refractivity contribution >= 4 is 46.2 Å². The zero-order valence-electron chi connectivity index (χ0n) is 19.5. The van der Waals surface area contributed by atoms with Crippen molar-refractivity contribution in [3.8, 4) is 11.4 Å². The lowest BCUT2D eigenvalue weighted by atomic mass is 10.0. The van der Waals surface area contributed by atoms with Crippen LogP contribution in [0.15, 0.2) is 85.2 Å². The van der Waals surface area contributed by atoms with Crippen LogP contribution in [-0.4, -0.2) is 35.0 Å². The number of hydrogen-bond donors (Lipinski definition) is 1. The van der Waals surface area contributed by atoms with E-state index in [1.165, 1.54) is 0 Å². The highest BCUT2D eigenvalue weighted by atomic mass is 35.5. The molecule has 4 aromatic rings. The second-order valence-electron chi connectivity index (χ2n) is 8.24.